The molecule has 146 valence electrons. The maximum Gasteiger partial charge on any atom is 0.256 e. The smallest absolute Gasteiger partial charge is 0.256 e. The average molecular weight is 417 g/mol. The van der Waals surface area contributed by atoms with Crippen LogP contribution in [-0.2, 0) is 4.79 Å². The van der Waals surface area contributed by atoms with E-state index in [-0.39, 0.29) is 11.7 Å². The predicted molar refractivity (Wildman–Crippen MR) is 115 cm³/mol. The molecule has 0 saturated carbocycles. The van der Waals surface area contributed by atoms with E-state index in [9.17, 15) is 9.18 Å². The lowest BCUT2D eigenvalue weighted by Gasteiger charge is -2.01. The third kappa shape index (κ3) is 3.38. The number of halogens is 2. The van der Waals surface area contributed by atoms with E-state index >= 15 is 0 Å². The molecule has 0 radical (unpaired) electrons. The summed E-state index contributed by atoms with van der Waals surface area (Å²) >= 11 is 6.04. The number of nitrogens with one attached hydrogen (secondary N) is 1. The van der Waals surface area contributed by atoms with Crippen molar-refractivity contribution < 1.29 is 9.18 Å². The number of amides is 1. The van der Waals surface area contributed by atoms with Crippen LogP contribution in [0.3, 0.4) is 0 Å². The molecule has 3 aromatic carbocycles. The lowest BCUT2D eigenvalue weighted by Crippen LogP contribution is -2.03. The molecule has 30 heavy (non-hydrogen) atoms. The van der Waals surface area contributed by atoms with Gasteiger partial charge in [0, 0.05) is 27.4 Å². The highest BCUT2D eigenvalue weighted by Crippen LogP contribution is 2.33. The van der Waals surface area contributed by atoms with E-state index in [1.54, 1.807) is 22.9 Å². The van der Waals surface area contributed by atoms with Crippen LogP contribution in [0.4, 0.5) is 10.1 Å². The summed E-state index contributed by atoms with van der Waals surface area (Å²) in [5.41, 5.74) is 4.84. The van der Waals surface area contributed by atoms with Crippen molar-refractivity contribution in [3.8, 4) is 16.9 Å². The SMILES string of the molecule is O=C1Nc2ccc(F)cc2C1=Cc1ccc(-c2cn(-c3cccc(Cl)c3)nn2)cc1. The molecule has 0 aliphatic carbocycles. The summed E-state index contributed by atoms with van der Waals surface area (Å²) in [4.78, 5) is 12.3. The number of anilines is 1. The molecule has 2 heterocycles. The maximum atomic E-state index is 13.6. The molecule has 0 saturated heterocycles. The monoisotopic (exact) mass is 416 g/mol. The van der Waals surface area contributed by atoms with E-state index in [0.717, 1.165) is 16.8 Å². The van der Waals surface area contributed by atoms with Gasteiger partial charge in [0.2, 0.25) is 0 Å². The summed E-state index contributed by atoms with van der Waals surface area (Å²) in [6.45, 7) is 0. The van der Waals surface area contributed by atoms with Crippen LogP contribution in [0.5, 0.6) is 0 Å². The van der Waals surface area contributed by atoms with Crippen LogP contribution in [0, 0.1) is 5.82 Å². The van der Waals surface area contributed by atoms with Crippen molar-refractivity contribution in [1.29, 1.82) is 0 Å². The van der Waals surface area contributed by atoms with Crippen LogP contribution in [-0.4, -0.2) is 20.9 Å². The summed E-state index contributed by atoms with van der Waals surface area (Å²) in [7, 11) is 0. The van der Waals surface area contributed by atoms with E-state index < -0.39 is 0 Å². The van der Waals surface area contributed by atoms with Crippen LogP contribution in [0.25, 0.3) is 28.6 Å². The van der Waals surface area contributed by atoms with Crippen molar-refractivity contribution in [3.63, 3.8) is 0 Å². The van der Waals surface area contributed by atoms with Gasteiger partial charge in [0.1, 0.15) is 11.5 Å². The molecule has 0 spiro atoms. The first-order valence-corrected chi connectivity index (χ1v) is 9.56. The number of carbonyl (C=O) groups is 1. The van der Waals surface area contributed by atoms with Crippen molar-refractivity contribution in [2.75, 3.05) is 5.32 Å². The fourth-order valence-corrected chi connectivity index (χ4v) is 3.55. The van der Waals surface area contributed by atoms with Gasteiger partial charge in [0.05, 0.1) is 11.9 Å². The number of aromatic nitrogens is 3. The molecule has 4 aromatic rings. The largest absolute Gasteiger partial charge is 0.321 e. The van der Waals surface area contributed by atoms with Gasteiger partial charge < -0.3 is 5.32 Å². The van der Waals surface area contributed by atoms with Crippen LogP contribution in [0.2, 0.25) is 5.02 Å². The van der Waals surface area contributed by atoms with E-state index in [1.807, 2.05) is 48.7 Å². The zero-order chi connectivity index (χ0) is 20.7. The maximum absolute atomic E-state index is 13.6. The number of hydrogen-bond donors (Lipinski definition) is 1. The molecular formula is C23H14ClFN4O. The Balaban J connectivity index is 1.43. The molecule has 1 aliphatic rings. The zero-order valence-corrected chi connectivity index (χ0v) is 16.3. The van der Waals surface area contributed by atoms with Gasteiger partial charge in [-0.1, -0.05) is 47.1 Å². The molecule has 5 nitrogen and oxygen atoms in total. The second-order valence-corrected chi connectivity index (χ2v) is 7.29. The minimum Gasteiger partial charge on any atom is -0.321 e. The number of benzene rings is 3. The molecule has 0 atom stereocenters. The van der Waals surface area contributed by atoms with Crippen molar-refractivity contribution in [1.82, 2.24) is 15.0 Å². The van der Waals surface area contributed by atoms with E-state index in [0.29, 0.717) is 27.5 Å². The minimum absolute atomic E-state index is 0.246. The average Bonchev–Trinajstić information content (AvgIpc) is 3.34. The van der Waals surface area contributed by atoms with Gasteiger partial charge in [-0.15, -0.1) is 5.10 Å². The molecule has 1 aromatic heterocycles. The molecule has 0 unspecified atom stereocenters. The van der Waals surface area contributed by atoms with Crippen molar-refractivity contribution in [3.05, 3.63) is 94.9 Å². The fourth-order valence-electron chi connectivity index (χ4n) is 3.36. The normalized spacial score (nSPS) is 14.1. The number of rotatable bonds is 3. The zero-order valence-electron chi connectivity index (χ0n) is 15.5. The third-order valence-electron chi connectivity index (χ3n) is 4.85. The third-order valence-corrected chi connectivity index (χ3v) is 5.08. The number of nitrogens with zero attached hydrogens (tertiary/aromatic N) is 3. The molecule has 1 aliphatic heterocycles. The molecule has 7 heteroatoms. The van der Waals surface area contributed by atoms with Crippen molar-refractivity contribution in [2.24, 2.45) is 0 Å². The predicted octanol–water partition coefficient (Wildman–Crippen LogP) is 5.22. The standard InChI is InChI=1S/C23H14ClFN4O/c24-16-2-1-3-18(11-16)29-13-22(27-28-29)15-6-4-14(5-7-15)10-20-19-12-17(25)8-9-21(19)26-23(20)30/h1-13H,(H,26,30). The van der Waals surface area contributed by atoms with E-state index in [1.165, 1.54) is 12.1 Å². The van der Waals surface area contributed by atoms with Gasteiger partial charge >= 0.3 is 0 Å². The Kier molecular flexibility index (Phi) is 4.41. The Morgan fingerprint density at radius 3 is 2.67 bits per heavy atom. The minimum atomic E-state index is -0.380. The second-order valence-electron chi connectivity index (χ2n) is 6.85. The Hall–Kier alpha value is -3.77. The Morgan fingerprint density at radius 2 is 1.87 bits per heavy atom. The van der Waals surface area contributed by atoms with Gasteiger partial charge in [-0.25, -0.2) is 9.07 Å². The Labute approximate surface area is 176 Å². The van der Waals surface area contributed by atoms with E-state index in [2.05, 4.69) is 15.6 Å². The van der Waals surface area contributed by atoms with Gasteiger partial charge in [-0.3, -0.25) is 4.79 Å². The fraction of sp³-hybridized carbons (Fsp3) is 0. The number of fused-ring (bicyclic) bond motifs is 1. The summed E-state index contributed by atoms with van der Waals surface area (Å²) in [6, 6.07) is 19.2. The summed E-state index contributed by atoms with van der Waals surface area (Å²) < 4.78 is 15.3. The first-order valence-electron chi connectivity index (χ1n) is 9.18. The summed E-state index contributed by atoms with van der Waals surface area (Å²) in [5, 5.41) is 11.8. The summed E-state index contributed by atoms with van der Waals surface area (Å²) in [6.07, 6.45) is 3.57. The van der Waals surface area contributed by atoms with Crippen LogP contribution < -0.4 is 5.32 Å². The van der Waals surface area contributed by atoms with Crippen LogP contribution in [0.15, 0.2) is 72.9 Å². The van der Waals surface area contributed by atoms with E-state index in [4.69, 9.17) is 11.6 Å². The highest BCUT2D eigenvalue weighted by atomic mass is 35.5. The summed E-state index contributed by atoms with van der Waals surface area (Å²) in [5.74, 6) is -0.626. The lowest BCUT2D eigenvalue weighted by molar-refractivity contribution is -0.110. The molecule has 5 rings (SSSR count). The number of carbonyl (C=O) groups excluding carboxylic acids is 1. The van der Waals surface area contributed by atoms with Gasteiger partial charge in [0.15, 0.2) is 0 Å². The molecule has 1 amide bonds. The quantitative estimate of drug-likeness (QED) is 0.466. The topological polar surface area (TPSA) is 59.8 Å². The molecule has 0 fully saturated rings. The molecular weight excluding hydrogens is 403 g/mol. The first kappa shape index (κ1) is 18.3. The van der Waals surface area contributed by atoms with Gasteiger partial charge in [-0.2, -0.15) is 0 Å². The number of hydrogen-bond acceptors (Lipinski definition) is 3. The van der Waals surface area contributed by atoms with Gasteiger partial charge in [0.25, 0.3) is 5.91 Å². The second kappa shape index (κ2) is 7.24. The lowest BCUT2D eigenvalue weighted by atomic mass is 10.0. The molecule has 1 N–H and O–H groups in total. The highest BCUT2D eigenvalue weighted by molar-refractivity contribution is 6.34. The van der Waals surface area contributed by atoms with Crippen LogP contribution >= 0.6 is 11.6 Å². The van der Waals surface area contributed by atoms with Crippen LogP contribution in [0.1, 0.15) is 11.1 Å². The molecule has 0 bridgehead atoms. The van der Waals surface area contributed by atoms with Crippen molar-refractivity contribution in [2.45, 2.75) is 0 Å². The van der Waals surface area contributed by atoms with Gasteiger partial charge in [-0.05, 0) is 48.0 Å². The Morgan fingerprint density at radius 1 is 1.03 bits per heavy atom. The van der Waals surface area contributed by atoms with Crippen molar-refractivity contribution >= 4 is 34.8 Å². The Bertz CT molecular complexity index is 1310. The first-order chi connectivity index (χ1) is 14.6. The highest BCUT2D eigenvalue weighted by Gasteiger charge is 2.24.